The summed E-state index contributed by atoms with van der Waals surface area (Å²) in [5.74, 6) is 1.04. The highest BCUT2D eigenvalue weighted by molar-refractivity contribution is 5.96. The van der Waals surface area contributed by atoms with Crippen LogP contribution in [-0.4, -0.2) is 37.0 Å². The van der Waals surface area contributed by atoms with Gasteiger partial charge in [-0.05, 0) is 43.4 Å². The molecule has 22 heavy (non-hydrogen) atoms. The van der Waals surface area contributed by atoms with Crippen LogP contribution in [0.15, 0.2) is 24.3 Å². The highest BCUT2D eigenvalue weighted by atomic mass is 16.1. The van der Waals surface area contributed by atoms with Crippen molar-refractivity contribution in [3.63, 3.8) is 0 Å². The average Bonchev–Trinajstić information content (AvgIpc) is 2.52. The monoisotopic (exact) mass is 299 g/mol. The van der Waals surface area contributed by atoms with Crippen LogP contribution in [0.4, 0.5) is 0 Å². The molecule has 0 radical (unpaired) electrons. The topological polar surface area (TPSA) is 56.1 Å². The largest absolute Gasteiger partial charge is 0.352 e. The van der Waals surface area contributed by atoms with Gasteiger partial charge in [0, 0.05) is 19.6 Å². The second-order valence-electron chi connectivity index (χ2n) is 6.53. The third-order valence-electron chi connectivity index (χ3n) is 4.07. The molecule has 4 heteroatoms. The minimum atomic E-state index is -0.141. The molecule has 1 atom stereocenters. The normalized spacial score (nSPS) is 18.9. The molecule has 0 saturated carbocycles. The molecule has 0 bridgehead atoms. The fourth-order valence-corrected chi connectivity index (χ4v) is 3.11. The van der Waals surface area contributed by atoms with Gasteiger partial charge in [0.05, 0.1) is 17.2 Å². The number of nitriles is 1. The van der Waals surface area contributed by atoms with E-state index in [4.69, 9.17) is 5.26 Å². The van der Waals surface area contributed by atoms with Gasteiger partial charge in [-0.2, -0.15) is 5.26 Å². The molecule has 1 amide bonds. The number of nitrogens with one attached hydrogen (secondary N) is 1. The van der Waals surface area contributed by atoms with E-state index in [1.165, 1.54) is 13.0 Å². The zero-order chi connectivity index (χ0) is 15.9. The Hall–Kier alpha value is -1.86. The van der Waals surface area contributed by atoms with Gasteiger partial charge < -0.3 is 10.2 Å². The number of piperidine rings is 1. The molecular formula is C18H25N3O. The van der Waals surface area contributed by atoms with E-state index in [1.54, 1.807) is 24.3 Å². The lowest BCUT2D eigenvalue weighted by atomic mass is 9.97. The molecule has 1 saturated heterocycles. The van der Waals surface area contributed by atoms with Crippen molar-refractivity contribution in [3.05, 3.63) is 35.4 Å². The third-order valence-corrected chi connectivity index (χ3v) is 4.07. The van der Waals surface area contributed by atoms with Gasteiger partial charge >= 0.3 is 0 Å². The summed E-state index contributed by atoms with van der Waals surface area (Å²) in [4.78, 5) is 14.7. The minimum absolute atomic E-state index is 0.141. The van der Waals surface area contributed by atoms with Crippen molar-refractivity contribution in [1.82, 2.24) is 10.2 Å². The summed E-state index contributed by atoms with van der Waals surface area (Å²) < 4.78 is 0. The fourth-order valence-electron chi connectivity index (χ4n) is 3.11. The van der Waals surface area contributed by atoms with Crippen molar-refractivity contribution in [2.45, 2.75) is 26.7 Å². The average molecular weight is 299 g/mol. The van der Waals surface area contributed by atoms with Crippen molar-refractivity contribution in [1.29, 1.82) is 5.26 Å². The van der Waals surface area contributed by atoms with Crippen molar-refractivity contribution in [2.75, 3.05) is 26.2 Å². The van der Waals surface area contributed by atoms with Gasteiger partial charge in [0.15, 0.2) is 0 Å². The lowest BCUT2D eigenvalue weighted by Crippen LogP contribution is -2.42. The van der Waals surface area contributed by atoms with E-state index >= 15 is 0 Å². The first-order valence-corrected chi connectivity index (χ1v) is 8.10. The number of likely N-dealkylation sites (tertiary alicyclic amines) is 1. The lowest BCUT2D eigenvalue weighted by molar-refractivity contribution is 0.0929. The summed E-state index contributed by atoms with van der Waals surface area (Å²) in [6, 6.07) is 9.03. The molecule has 4 nitrogen and oxygen atoms in total. The molecule has 118 valence electrons. The molecule has 0 aliphatic carbocycles. The number of rotatable bonds is 5. The van der Waals surface area contributed by atoms with Gasteiger partial charge in [0.1, 0.15) is 0 Å². The number of hydrogen-bond donors (Lipinski definition) is 1. The quantitative estimate of drug-likeness (QED) is 0.909. The summed E-state index contributed by atoms with van der Waals surface area (Å²) in [7, 11) is 0. The molecule has 1 fully saturated rings. The van der Waals surface area contributed by atoms with Crippen LogP contribution in [0.2, 0.25) is 0 Å². The van der Waals surface area contributed by atoms with E-state index in [1.807, 2.05) is 0 Å². The van der Waals surface area contributed by atoms with Crippen LogP contribution >= 0.6 is 0 Å². The van der Waals surface area contributed by atoms with E-state index in [2.05, 4.69) is 30.1 Å². The molecule has 1 aromatic rings. The van der Waals surface area contributed by atoms with Crippen LogP contribution in [-0.2, 0) is 0 Å². The van der Waals surface area contributed by atoms with Crippen LogP contribution in [0.3, 0.4) is 0 Å². The lowest BCUT2D eigenvalue weighted by Gasteiger charge is -2.33. The van der Waals surface area contributed by atoms with Crippen LogP contribution in [0.5, 0.6) is 0 Å². The zero-order valence-corrected chi connectivity index (χ0v) is 13.5. The fraction of sp³-hybridized carbons (Fsp3) is 0.556. The highest BCUT2D eigenvalue weighted by Gasteiger charge is 2.21. The Kier molecular flexibility index (Phi) is 5.97. The number of amides is 1. The Morgan fingerprint density at radius 1 is 1.45 bits per heavy atom. The van der Waals surface area contributed by atoms with Crippen molar-refractivity contribution in [2.24, 2.45) is 11.8 Å². The van der Waals surface area contributed by atoms with Gasteiger partial charge in [-0.15, -0.1) is 0 Å². The van der Waals surface area contributed by atoms with Gasteiger partial charge in [-0.3, -0.25) is 4.79 Å². The first-order valence-electron chi connectivity index (χ1n) is 8.10. The van der Waals surface area contributed by atoms with E-state index in [9.17, 15) is 4.79 Å². The minimum Gasteiger partial charge on any atom is -0.352 e. The van der Waals surface area contributed by atoms with Crippen LogP contribution in [0.25, 0.3) is 0 Å². The van der Waals surface area contributed by atoms with Gasteiger partial charge in [-0.25, -0.2) is 0 Å². The number of carbonyl (C=O) groups excluding carboxylic acids is 1. The molecule has 1 aliphatic rings. The molecule has 0 spiro atoms. The number of nitrogens with zero attached hydrogens (tertiary/aromatic N) is 2. The Bertz CT molecular complexity index is 548. The summed E-state index contributed by atoms with van der Waals surface area (Å²) in [5.41, 5.74) is 0.907. The SMILES string of the molecule is CC(C)CN1CCC[C@H](CNC(=O)c2ccccc2C#N)C1. The first-order chi connectivity index (χ1) is 10.6. The Balaban J connectivity index is 1.87. The van der Waals surface area contributed by atoms with Gasteiger partial charge in [0.25, 0.3) is 5.91 Å². The number of carbonyl (C=O) groups is 1. The van der Waals surface area contributed by atoms with Crippen molar-refractivity contribution in [3.8, 4) is 6.07 Å². The maximum atomic E-state index is 12.3. The summed E-state index contributed by atoms with van der Waals surface area (Å²) in [5, 5.41) is 12.1. The maximum absolute atomic E-state index is 12.3. The number of benzene rings is 1. The molecule has 1 N–H and O–H groups in total. The van der Waals surface area contributed by atoms with Gasteiger partial charge in [-0.1, -0.05) is 26.0 Å². The van der Waals surface area contributed by atoms with E-state index in [-0.39, 0.29) is 5.91 Å². The van der Waals surface area contributed by atoms with Crippen molar-refractivity contribution >= 4 is 5.91 Å². The molecule has 0 unspecified atom stereocenters. The van der Waals surface area contributed by atoms with Crippen molar-refractivity contribution < 1.29 is 4.79 Å². The molecule has 1 aliphatic heterocycles. The second-order valence-corrected chi connectivity index (χ2v) is 6.53. The van der Waals surface area contributed by atoms with E-state index < -0.39 is 0 Å². The summed E-state index contributed by atoms with van der Waals surface area (Å²) in [6.07, 6.45) is 2.36. The highest BCUT2D eigenvalue weighted by Crippen LogP contribution is 2.17. The predicted octanol–water partition coefficient (Wildman–Crippen LogP) is 2.66. The molecular weight excluding hydrogens is 274 g/mol. The second kappa shape index (κ2) is 7.95. The van der Waals surface area contributed by atoms with Gasteiger partial charge in [0.2, 0.25) is 0 Å². The predicted molar refractivity (Wildman–Crippen MR) is 87.5 cm³/mol. The molecule has 2 rings (SSSR count). The standard InChI is InChI=1S/C18H25N3O/c1-14(2)12-21-9-5-6-15(13-21)11-20-18(22)17-8-4-3-7-16(17)10-19/h3-4,7-8,14-15H,5-6,9,11-13H2,1-2H3,(H,20,22)/t15-/m1/s1. The van der Waals surface area contributed by atoms with Crippen LogP contribution in [0.1, 0.15) is 42.6 Å². The van der Waals surface area contributed by atoms with Crippen LogP contribution < -0.4 is 5.32 Å². The Labute approximate surface area is 133 Å². The Morgan fingerprint density at radius 2 is 2.23 bits per heavy atom. The summed E-state index contributed by atoms with van der Waals surface area (Å²) in [6.45, 7) is 8.52. The number of hydrogen-bond acceptors (Lipinski definition) is 3. The maximum Gasteiger partial charge on any atom is 0.252 e. The first kappa shape index (κ1) is 16.5. The Morgan fingerprint density at radius 3 is 2.95 bits per heavy atom. The molecule has 1 heterocycles. The summed E-state index contributed by atoms with van der Waals surface area (Å²) >= 11 is 0. The third kappa shape index (κ3) is 4.57. The molecule has 1 aromatic carbocycles. The molecule has 0 aromatic heterocycles. The van der Waals surface area contributed by atoms with Crippen LogP contribution in [0, 0.1) is 23.2 Å². The zero-order valence-electron chi connectivity index (χ0n) is 13.5. The smallest absolute Gasteiger partial charge is 0.252 e. The van der Waals surface area contributed by atoms with E-state index in [0.717, 1.165) is 19.5 Å². The van der Waals surface area contributed by atoms with E-state index in [0.29, 0.717) is 29.5 Å².